The summed E-state index contributed by atoms with van der Waals surface area (Å²) in [6.07, 6.45) is -2.48. The summed E-state index contributed by atoms with van der Waals surface area (Å²) in [4.78, 5) is 15.4. The number of rotatable bonds is 6. The molecule has 0 aliphatic carbocycles. The van der Waals surface area contributed by atoms with E-state index in [0.29, 0.717) is 5.57 Å². The Morgan fingerprint density at radius 2 is 1.54 bits per heavy atom. The van der Waals surface area contributed by atoms with Crippen molar-refractivity contribution in [2.24, 2.45) is 0 Å². The second kappa shape index (κ2) is 10.9. The molecule has 1 aliphatic heterocycles. The first-order valence-corrected chi connectivity index (χ1v) is 12.6. The third kappa shape index (κ3) is 6.13. The third-order valence-corrected chi connectivity index (χ3v) is 7.13. The number of hydrogen-bond donors (Lipinski definition) is 1. The Labute approximate surface area is 216 Å². The Hall–Kier alpha value is -3.38. The van der Waals surface area contributed by atoms with Crippen LogP contribution in [0.1, 0.15) is 54.5 Å². The van der Waals surface area contributed by atoms with Crippen LogP contribution in [0.2, 0.25) is 0 Å². The Kier molecular flexibility index (Phi) is 7.88. The lowest BCUT2D eigenvalue weighted by molar-refractivity contribution is -0.137. The number of nitrogens with zero attached hydrogens (tertiary/aromatic N) is 1. The predicted octanol–water partition coefficient (Wildman–Crippen LogP) is 6.79. The minimum absolute atomic E-state index is 0.113. The van der Waals surface area contributed by atoms with Crippen molar-refractivity contribution < 1.29 is 23.1 Å². The summed E-state index contributed by atoms with van der Waals surface area (Å²) in [5.41, 5.74) is 2.82. The molecule has 0 unspecified atom stereocenters. The fraction of sp³-hybridized carbons (Fsp3) is 0.323. The van der Waals surface area contributed by atoms with Gasteiger partial charge in [0.25, 0.3) is 5.91 Å². The average Bonchev–Trinajstić information content (AvgIpc) is 2.88. The van der Waals surface area contributed by atoms with E-state index in [1.807, 2.05) is 50.2 Å². The van der Waals surface area contributed by atoms with E-state index in [1.165, 1.54) is 17.7 Å². The number of benzene rings is 3. The largest absolute Gasteiger partial charge is 0.416 e. The average molecular weight is 508 g/mol. The van der Waals surface area contributed by atoms with Crippen LogP contribution in [0.3, 0.4) is 0 Å². The van der Waals surface area contributed by atoms with Gasteiger partial charge in [-0.1, -0.05) is 72.3 Å². The summed E-state index contributed by atoms with van der Waals surface area (Å²) >= 11 is 0. The van der Waals surface area contributed by atoms with Crippen molar-refractivity contribution in [2.75, 3.05) is 13.1 Å². The molecule has 37 heavy (non-hydrogen) atoms. The predicted molar refractivity (Wildman–Crippen MR) is 140 cm³/mol. The van der Waals surface area contributed by atoms with Gasteiger partial charge in [-0.3, -0.25) is 4.79 Å². The number of carbonyl (C=O) groups excluding carboxylic acids is 1. The third-order valence-electron chi connectivity index (χ3n) is 7.13. The first-order chi connectivity index (χ1) is 17.6. The molecule has 0 atom stereocenters. The SMILES string of the molecule is CC(C)=C(C(=O)N1CCC(O)(c2cccc(C(F)(F)F)c2)CC1)c1ccccc1CCc1ccccc1. The van der Waals surface area contributed by atoms with Crippen molar-refractivity contribution in [3.8, 4) is 0 Å². The van der Waals surface area contributed by atoms with Gasteiger partial charge in [-0.2, -0.15) is 13.2 Å². The fourth-order valence-corrected chi connectivity index (χ4v) is 5.02. The van der Waals surface area contributed by atoms with Crippen molar-refractivity contribution >= 4 is 11.5 Å². The molecule has 0 spiro atoms. The summed E-state index contributed by atoms with van der Waals surface area (Å²) in [7, 11) is 0. The van der Waals surface area contributed by atoms with Crippen LogP contribution in [0.5, 0.6) is 0 Å². The summed E-state index contributed by atoms with van der Waals surface area (Å²) < 4.78 is 39.6. The van der Waals surface area contributed by atoms with Crippen LogP contribution in [0.4, 0.5) is 13.2 Å². The highest BCUT2D eigenvalue weighted by Crippen LogP contribution is 2.37. The maximum Gasteiger partial charge on any atom is 0.416 e. The second-order valence-corrected chi connectivity index (χ2v) is 9.92. The lowest BCUT2D eigenvalue weighted by atomic mass is 9.83. The topological polar surface area (TPSA) is 40.5 Å². The molecule has 3 aromatic carbocycles. The van der Waals surface area contributed by atoms with E-state index < -0.39 is 17.3 Å². The highest BCUT2D eigenvalue weighted by atomic mass is 19.4. The number of likely N-dealkylation sites (tertiary alicyclic amines) is 1. The number of aryl methyl sites for hydroxylation is 2. The first kappa shape index (κ1) is 26.7. The van der Waals surface area contributed by atoms with E-state index in [9.17, 15) is 23.1 Å². The zero-order chi connectivity index (χ0) is 26.6. The zero-order valence-corrected chi connectivity index (χ0v) is 21.2. The number of piperidine rings is 1. The maximum absolute atomic E-state index is 13.7. The molecule has 4 rings (SSSR count). The minimum atomic E-state index is -4.48. The summed E-state index contributed by atoms with van der Waals surface area (Å²) in [6, 6.07) is 23.0. The van der Waals surface area contributed by atoms with Crippen LogP contribution in [0.25, 0.3) is 5.57 Å². The van der Waals surface area contributed by atoms with E-state index in [2.05, 4.69) is 18.2 Å². The van der Waals surface area contributed by atoms with Gasteiger partial charge in [0.2, 0.25) is 0 Å². The van der Waals surface area contributed by atoms with Gasteiger partial charge in [-0.15, -0.1) is 0 Å². The number of carbonyl (C=O) groups is 1. The quantitative estimate of drug-likeness (QED) is 0.373. The molecule has 0 aromatic heterocycles. The molecule has 1 heterocycles. The van der Waals surface area contributed by atoms with Crippen LogP contribution in [-0.2, 0) is 29.4 Å². The van der Waals surface area contributed by atoms with Gasteiger partial charge < -0.3 is 10.0 Å². The minimum Gasteiger partial charge on any atom is -0.385 e. The number of alkyl halides is 3. The molecule has 1 fully saturated rings. The highest BCUT2D eigenvalue weighted by Gasteiger charge is 2.38. The van der Waals surface area contributed by atoms with E-state index >= 15 is 0 Å². The van der Waals surface area contributed by atoms with E-state index in [1.54, 1.807) is 4.90 Å². The van der Waals surface area contributed by atoms with Crippen LogP contribution >= 0.6 is 0 Å². The monoisotopic (exact) mass is 507 g/mol. The van der Waals surface area contributed by atoms with Gasteiger partial charge in [0.1, 0.15) is 0 Å². The molecule has 1 saturated heterocycles. The van der Waals surface area contributed by atoms with E-state index in [0.717, 1.165) is 41.7 Å². The summed E-state index contributed by atoms with van der Waals surface area (Å²) in [5.74, 6) is -0.113. The van der Waals surface area contributed by atoms with Crippen molar-refractivity contribution in [1.82, 2.24) is 4.90 Å². The second-order valence-electron chi connectivity index (χ2n) is 9.92. The Morgan fingerprint density at radius 3 is 2.19 bits per heavy atom. The smallest absolute Gasteiger partial charge is 0.385 e. The lowest BCUT2D eigenvalue weighted by Gasteiger charge is -2.39. The number of hydrogen-bond acceptors (Lipinski definition) is 2. The van der Waals surface area contributed by atoms with Crippen molar-refractivity contribution in [3.63, 3.8) is 0 Å². The van der Waals surface area contributed by atoms with E-state index in [4.69, 9.17) is 0 Å². The van der Waals surface area contributed by atoms with Crippen molar-refractivity contribution in [2.45, 2.75) is 51.3 Å². The lowest BCUT2D eigenvalue weighted by Crippen LogP contribution is -2.45. The molecule has 0 radical (unpaired) electrons. The molecule has 194 valence electrons. The molecule has 1 amide bonds. The molecule has 0 bridgehead atoms. The molecule has 0 saturated carbocycles. The van der Waals surface area contributed by atoms with Gasteiger partial charge in [0.15, 0.2) is 0 Å². The van der Waals surface area contributed by atoms with E-state index in [-0.39, 0.29) is 37.4 Å². The van der Waals surface area contributed by atoms with Gasteiger partial charge >= 0.3 is 6.18 Å². The van der Waals surface area contributed by atoms with Gasteiger partial charge in [-0.25, -0.2) is 0 Å². The maximum atomic E-state index is 13.7. The van der Waals surface area contributed by atoms with Crippen LogP contribution < -0.4 is 0 Å². The molecule has 3 aromatic rings. The van der Waals surface area contributed by atoms with Gasteiger partial charge in [0.05, 0.1) is 11.2 Å². The normalized spacial score (nSPS) is 15.4. The van der Waals surface area contributed by atoms with Gasteiger partial charge in [-0.05, 0) is 73.9 Å². The molecule has 1 aliphatic rings. The molecule has 1 N–H and O–H groups in total. The summed E-state index contributed by atoms with van der Waals surface area (Å²) in [5, 5.41) is 11.2. The summed E-state index contributed by atoms with van der Waals surface area (Å²) in [6.45, 7) is 4.36. The number of halogens is 3. The molecule has 6 heteroatoms. The molecular formula is C31H32F3NO2. The fourth-order valence-electron chi connectivity index (χ4n) is 5.02. The Bertz CT molecular complexity index is 1270. The van der Waals surface area contributed by atoms with Gasteiger partial charge in [0, 0.05) is 18.7 Å². The van der Waals surface area contributed by atoms with Crippen molar-refractivity contribution in [1.29, 1.82) is 0 Å². The molecular weight excluding hydrogens is 475 g/mol. The standard InChI is InChI=1S/C31H32F3NO2/c1-22(2)28(27-14-7-6-11-24(27)16-15-23-9-4-3-5-10-23)29(36)35-19-17-30(37,18-20-35)25-12-8-13-26(21-25)31(32,33)34/h3-14,21,37H,15-20H2,1-2H3. The first-order valence-electron chi connectivity index (χ1n) is 12.6. The van der Waals surface area contributed by atoms with Crippen LogP contribution in [0.15, 0.2) is 84.4 Å². The Morgan fingerprint density at radius 1 is 0.892 bits per heavy atom. The number of allylic oxidation sites excluding steroid dienone is 1. The molecule has 3 nitrogen and oxygen atoms in total. The number of amides is 1. The highest BCUT2D eigenvalue weighted by molar-refractivity contribution is 6.20. The Balaban J connectivity index is 1.51. The number of aliphatic hydroxyl groups is 1. The van der Waals surface area contributed by atoms with Crippen LogP contribution in [-0.4, -0.2) is 29.0 Å². The zero-order valence-electron chi connectivity index (χ0n) is 21.2. The van der Waals surface area contributed by atoms with Crippen LogP contribution in [0, 0.1) is 0 Å². The van der Waals surface area contributed by atoms with Crippen molar-refractivity contribution in [3.05, 3.63) is 112 Å².